The summed E-state index contributed by atoms with van der Waals surface area (Å²) in [6.07, 6.45) is 0. The van der Waals surface area contributed by atoms with Gasteiger partial charge in [0.2, 0.25) is 0 Å². The molecule has 0 aromatic heterocycles. The molecule has 0 saturated carbocycles. The Bertz CT molecular complexity index is 299. The van der Waals surface area contributed by atoms with Crippen LogP contribution in [0.5, 0.6) is 0 Å². The average molecular weight is 411 g/mol. The molecule has 0 atom stereocenters. The summed E-state index contributed by atoms with van der Waals surface area (Å²) < 4.78 is 68.6. The minimum absolute atomic E-state index is 0. The van der Waals surface area contributed by atoms with Gasteiger partial charge >= 0.3 is 76.8 Å². The summed E-state index contributed by atoms with van der Waals surface area (Å²) in [6.45, 7) is 0. The fourth-order valence-corrected chi connectivity index (χ4v) is 0. The molecule has 0 saturated heterocycles. The van der Waals surface area contributed by atoms with Gasteiger partial charge in [-0.2, -0.15) is 0 Å². The Labute approximate surface area is 110 Å². The van der Waals surface area contributed by atoms with E-state index >= 15 is 0 Å². The topological polar surface area (TPSA) is 338 Å². The maximum Gasteiger partial charge on any atom is 2.00 e. The van der Waals surface area contributed by atoms with Crippen molar-refractivity contribution in [2.75, 3.05) is 0 Å². The molecule has 0 unspecified atom stereocenters. The summed E-state index contributed by atoms with van der Waals surface area (Å²) in [5.41, 5.74) is 0. The van der Waals surface area contributed by atoms with E-state index in [1.165, 1.54) is 0 Å². The standard InChI is InChI=1S/2Mn.6H2O.8O.Zn/h;;6*1H2;;;;;;;;;/q;;;;;;;;;;;;;;2*-1;+2. The third-order valence-electron chi connectivity index (χ3n) is 0. The van der Waals surface area contributed by atoms with E-state index in [9.17, 15) is 0 Å². The minimum Gasteiger partial charge on any atom is 2.00 e. The molecule has 0 aliphatic heterocycles. The van der Waals surface area contributed by atoms with Gasteiger partial charge in [-0.25, -0.2) is 0 Å². The fourth-order valence-electron chi connectivity index (χ4n) is 0. The van der Waals surface area contributed by atoms with Crippen LogP contribution in [0.2, 0.25) is 0 Å². The number of hydrogen-bond donors (Lipinski definition) is 0. The molecule has 0 aliphatic carbocycles. The van der Waals surface area contributed by atoms with Crippen LogP contribution in [-0.2, 0) is 68.4 Å². The molecule has 12 N–H and O–H groups in total. The second kappa shape index (κ2) is 25.1. The molecule has 0 heterocycles. The van der Waals surface area contributed by atoms with Gasteiger partial charge in [0.1, 0.15) is 0 Å². The second-order valence-electron chi connectivity index (χ2n) is 0.756. The molecule has 0 radical (unpaired) electrons. The van der Waals surface area contributed by atoms with Crippen molar-refractivity contribution in [2.45, 2.75) is 0 Å². The third-order valence-corrected chi connectivity index (χ3v) is 0. The summed E-state index contributed by atoms with van der Waals surface area (Å²) in [6, 6.07) is 0. The zero-order valence-corrected chi connectivity index (χ0v) is 13.1. The van der Waals surface area contributed by atoms with Crippen LogP contribution in [0, 0.1) is 0 Å². The van der Waals surface area contributed by atoms with E-state index in [-0.39, 0.29) is 52.3 Å². The summed E-state index contributed by atoms with van der Waals surface area (Å²) in [4.78, 5) is 0. The van der Waals surface area contributed by atoms with Crippen LogP contribution in [0.1, 0.15) is 0 Å². The maximum atomic E-state index is 8.58. The van der Waals surface area contributed by atoms with Gasteiger partial charge < -0.3 is 32.9 Å². The molecule has 0 fully saturated rings. The summed E-state index contributed by atoms with van der Waals surface area (Å²) in [7, 11) is 0. The summed E-state index contributed by atoms with van der Waals surface area (Å²) >= 11 is -11.2. The van der Waals surface area contributed by atoms with Crippen molar-refractivity contribution in [3.63, 3.8) is 0 Å². The first-order valence-corrected chi connectivity index (χ1v) is 5.09. The average Bonchev–Trinajstić information content (AvgIpc) is 1.12. The van der Waals surface area contributed by atoms with Crippen LogP contribution in [-0.4, -0.2) is 32.9 Å². The van der Waals surface area contributed by atoms with Crippen LogP contribution >= 0.6 is 0 Å². The van der Waals surface area contributed by atoms with Crippen LogP contribution < -0.4 is 8.38 Å². The molecule has 0 aromatic rings. The Balaban J connectivity index is -0.00000000762. The fraction of sp³-hybridized carbons (Fsp3) is 0. The Hall–Kier alpha value is 0.142. The van der Waals surface area contributed by atoms with Crippen molar-refractivity contribution in [3.8, 4) is 0 Å². The molecule has 17 heavy (non-hydrogen) atoms. The predicted octanol–water partition coefficient (Wildman–Crippen LogP) is -8.05. The zero-order valence-electron chi connectivity index (χ0n) is 7.73. The van der Waals surface area contributed by atoms with Gasteiger partial charge in [0.15, 0.2) is 0 Å². The van der Waals surface area contributed by atoms with E-state index in [2.05, 4.69) is 0 Å². The number of hydrogen-bond acceptors (Lipinski definition) is 8. The van der Waals surface area contributed by atoms with Gasteiger partial charge in [-0.1, -0.05) is 0 Å². The quantitative estimate of drug-likeness (QED) is 0.343. The van der Waals surface area contributed by atoms with Gasteiger partial charge in [0, 0.05) is 0 Å². The zero-order chi connectivity index (χ0) is 9.00. The van der Waals surface area contributed by atoms with E-state index in [0.29, 0.717) is 0 Å². The predicted molar refractivity (Wildman–Crippen MR) is 25.8 cm³/mol. The first-order chi connectivity index (χ1) is 4.00. The van der Waals surface area contributed by atoms with Crippen molar-refractivity contribution in [1.82, 2.24) is 0 Å². The SMILES string of the molecule is O.O.O.O.O.O.[O]=[Mn](=[O])(=[O])[O-].[O]=[Mn](=[O])(=[O])[O-].[Zn+2]. The first kappa shape index (κ1) is 67.4. The monoisotopic (exact) mass is 410 g/mol. The van der Waals surface area contributed by atoms with Crippen LogP contribution in [0.4, 0.5) is 0 Å². The molecule has 0 amide bonds. The molecular weight excluding hydrogens is 399 g/mol. The van der Waals surface area contributed by atoms with Crippen molar-refractivity contribution in [2.24, 2.45) is 0 Å². The largest absolute Gasteiger partial charge is 2.00 e. The smallest absolute Gasteiger partial charge is 2.00 e. The van der Waals surface area contributed by atoms with Crippen molar-refractivity contribution in [1.29, 1.82) is 0 Å². The van der Waals surface area contributed by atoms with Crippen LogP contribution in [0.3, 0.4) is 0 Å². The van der Waals surface area contributed by atoms with Crippen molar-refractivity contribution < 1.29 is 110 Å². The Morgan fingerprint density at radius 1 is 0.471 bits per heavy atom. The van der Waals surface area contributed by atoms with E-state index < -0.39 is 25.9 Å². The van der Waals surface area contributed by atoms with Crippen LogP contribution in [0.25, 0.3) is 0 Å². The second-order valence-corrected chi connectivity index (χ2v) is 3.12. The molecule has 0 spiro atoms. The van der Waals surface area contributed by atoms with Gasteiger partial charge in [-0.3, -0.25) is 0 Å². The van der Waals surface area contributed by atoms with Gasteiger partial charge in [-0.15, -0.1) is 0 Å². The van der Waals surface area contributed by atoms with Crippen molar-refractivity contribution >= 4 is 0 Å². The van der Waals surface area contributed by atoms with Gasteiger partial charge in [0.25, 0.3) is 0 Å². The van der Waals surface area contributed by atoms with E-state index in [4.69, 9.17) is 31.4 Å². The van der Waals surface area contributed by atoms with Crippen LogP contribution in [0.15, 0.2) is 0 Å². The Kier molecular flexibility index (Phi) is 99.5. The molecule has 17 heteroatoms. The third kappa shape index (κ3) is 159000. The molecule has 14 nitrogen and oxygen atoms in total. The van der Waals surface area contributed by atoms with E-state index in [1.807, 2.05) is 0 Å². The Morgan fingerprint density at radius 3 is 0.471 bits per heavy atom. The molecule has 0 rings (SSSR count). The van der Waals surface area contributed by atoms with E-state index in [1.54, 1.807) is 0 Å². The molecule has 0 aromatic carbocycles. The summed E-state index contributed by atoms with van der Waals surface area (Å²) in [5.74, 6) is 0. The van der Waals surface area contributed by atoms with Gasteiger partial charge in [-0.05, 0) is 0 Å². The van der Waals surface area contributed by atoms with E-state index in [0.717, 1.165) is 0 Å². The summed E-state index contributed by atoms with van der Waals surface area (Å²) in [5, 5.41) is 0. The molecule has 112 valence electrons. The normalized spacial score (nSPS) is 6.71. The minimum atomic E-state index is -5.62. The maximum absolute atomic E-state index is 8.58. The van der Waals surface area contributed by atoms with Gasteiger partial charge in [0.05, 0.1) is 0 Å². The first-order valence-electron chi connectivity index (χ1n) is 1.23. The molecule has 0 aliphatic rings. The Morgan fingerprint density at radius 2 is 0.471 bits per heavy atom. The molecular formula is H12Mn2O14Zn. The van der Waals surface area contributed by atoms with Crippen molar-refractivity contribution in [3.05, 3.63) is 0 Å². The molecule has 0 bridgehead atoms. The number of rotatable bonds is 0.